The number of carbonyl (C=O) groups is 1. The minimum atomic E-state index is -0.876. The molecule has 2 aromatic carbocycles. The molecule has 0 aromatic heterocycles. The molecule has 3 N–H and O–H groups in total. The van der Waals surface area contributed by atoms with E-state index in [-0.39, 0.29) is 28.7 Å². The van der Waals surface area contributed by atoms with Crippen molar-refractivity contribution in [1.82, 2.24) is 0 Å². The molecule has 4 nitrogen and oxygen atoms in total. The highest BCUT2D eigenvalue weighted by atomic mass is 16.4. The van der Waals surface area contributed by atoms with E-state index in [1.165, 1.54) is 0 Å². The number of carboxylic acid groups (broad SMARTS) is 1. The van der Waals surface area contributed by atoms with Crippen LogP contribution in [-0.2, 0) is 21.0 Å². The molecule has 0 bridgehead atoms. The molecule has 0 saturated carbocycles. The van der Waals surface area contributed by atoms with Crippen molar-refractivity contribution in [3.63, 3.8) is 0 Å². The second-order valence-corrected chi connectivity index (χ2v) is 10.4. The summed E-state index contributed by atoms with van der Waals surface area (Å²) in [7, 11) is 0. The Hall–Kier alpha value is -2.49. The Kier molecular flexibility index (Phi) is 6.60. The van der Waals surface area contributed by atoms with Gasteiger partial charge in [0.1, 0.15) is 11.5 Å². The number of aliphatic carboxylic acids is 1. The highest BCUT2D eigenvalue weighted by Gasteiger charge is 2.38. The fourth-order valence-electron chi connectivity index (χ4n) is 4.30. The summed E-state index contributed by atoms with van der Waals surface area (Å²) in [6, 6.07) is 10.9. The Morgan fingerprint density at radius 2 is 1.20 bits per heavy atom. The molecule has 0 aliphatic carbocycles. The topological polar surface area (TPSA) is 77.8 Å². The lowest BCUT2D eigenvalue weighted by Crippen LogP contribution is -2.32. The standard InChI is InChI=1S/C26H36O4/c1-8-13-26(16-23(29)30,17-9-11-21(27)19(14-17)24(2,3)4)18-10-12-22(28)20(15-18)25(5,6)7/h9-12,14-15,27-28H,8,13,16H2,1-7H3,(H,29,30). The largest absolute Gasteiger partial charge is 0.508 e. The maximum atomic E-state index is 12.0. The summed E-state index contributed by atoms with van der Waals surface area (Å²) in [5.41, 5.74) is 2.00. The molecule has 2 aromatic rings. The summed E-state index contributed by atoms with van der Waals surface area (Å²) >= 11 is 0. The van der Waals surface area contributed by atoms with Gasteiger partial charge in [0.25, 0.3) is 0 Å². The molecule has 0 unspecified atom stereocenters. The second-order valence-electron chi connectivity index (χ2n) is 10.4. The smallest absolute Gasteiger partial charge is 0.304 e. The lowest BCUT2D eigenvalue weighted by Gasteiger charge is -2.36. The van der Waals surface area contributed by atoms with Crippen LogP contribution in [0.25, 0.3) is 0 Å². The molecule has 0 atom stereocenters. The number of phenols is 2. The van der Waals surface area contributed by atoms with Crippen molar-refractivity contribution in [3.8, 4) is 11.5 Å². The predicted octanol–water partition coefficient (Wildman–Crippen LogP) is 6.25. The van der Waals surface area contributed by atoms with Crippen molar-refractivity contribution < 1.29 is 20.1 Å². The van der Waals surface area contributed by atoms with E-state index in [2.05, 4.69) is 0 Å². The summed E-state index contributed by atoms with van der Waals surface area (Å²) in [4.78, 5) is 12.0. The number of phenolic OH excluding ortho intramolecular Hbond substituents is 2. The van der Waals surface area contributed by atoms with Crippen LogP contribution in [0.1, 0.15) is 90.0 Å². The monoisotopic (exact) mass is 412 g/mol. The Morgan fingerprint density at radius 3 is 1.50 bits per heavy atom. The molecular weight excluding hydrogens is 376 g/mol. The Balaban J connectivity index is 2.86. The van der Waals surface area contributed by atoms with Crippen molar-refractivity contribution in [3.05, 3.63) is 58.7 Å². The summed E-state index contributed by atoms with van der Waals surface area (Å²) < 4.78 is 0. The molecule has 0 heterocycles. The van der Waals surface area contributed by atoms with E-state index in [0.29, 0.717) is 6.42 Å². The predicted molar refractivity (Wildman–Crippen MR) is 122 cm³/mol. The number of aromatic hydroxyl groups is 2. The van der Waals surface area contributed by atoms with Gasteiger partial charge in [0, 0.05) is 5.41 Å². The van der Waals surface area contributed by atoms with Gasteiger partial charge in [-0.15, -0.1) is 0 Å². The van der Waals surface area contributed by atoms with Gasteiger partial charge in [-0.05, 0) is 51.6 Å². The van der Waals surface area contributed by atoms with Gasteiger partial charge in [-0.25, -0.2) is 0 Å². The average Bonchev–Trinajstić information content (AvgIpc) is 2.59. The van der Waals surface area contributed by atoms with Gasteiger partial charge in [-0.3, -0.25) is 4.79 Å². The van der Waals surface area contributed by atoms with E-state index in [1.807, 2.05) is 72.7 Å². The first-order chi connectivity index (χ1) is 13.7. The van der Waals surface area contributed by atoms with Gasteiger partial charge < -0.3 is 15.3 Å². The SMILES string of the molecule is CCCC(CC(=O)O)(c1ccc(O)c(C(C)(C)C)c1)c1ccc(O)c(C(C)(C)C)c1. The van der Waals surface area contributed by atoms with Crippen LogP contribution in [-0.4, -0.2) is 21.3 Å². The lowest BCUT2D eigenvalue weighted by molar-refractivity contribution is -0.138. The molecule has 0 aliphatic rings. The quantitative estimate of drug-likeness (QED) is 0.524. The fraction of sp³-hybridized carbons (Fsp3) is 0.500. The third-order valence-corrected chi connectivity index (χ3v) is 5.84. The summed E-state index contributed by atoms with van der Waals surface area (Å²) in [6.07, 6.45) is 1.37. The molecule has 0 aliphatic heterocycles. The maximum absolute atomic E-state index is 12.0. The van der Waals surface area contributed by atoms with E-state index in [1.54, 1.807) is 12.1 Å². The number of hydrogen-bond donors (Lipinski definition) is 3. The van der Waals surface area contributed by atoms with Gasteiger partial charge in [0.05, 0.1) is 6.42 Å². The van der Waals surface area contributed by atoms with Crippen LogP contribution < -0.4 is 0 Å². The van der Waals surface area contributed by atoms with Crippen LogP contribution in [0, 0.1) is 0 Å². The zero-order valence-electron chi connectivity index (χ0n) is 19.3. The Bertz CT molecular complexity index is 850. The maximum Gasteiger partial charge on any atom is 0.304 e. The van der Waals surface area contributed by atoms with Gasteiger partial charge >= 0.3 is 5.97 Å². The van der Waals surface area contributed by atoms with Crippen LogP contribution in [0.3, 0.4) is 0 Å². The van der Waals surface area contributed by atoms with E-state index in [0.717, 1.165) is 28.7 Å². The zero-order valence-corrected chi connectivity index (χ0v) is 19.3. The molecule has 30 heavy (non-hydrogen) atoms. The molecule has 0 spiro atoms. The Morgan fingerprint density at radius 1 is 0.800 bits per heavy atom. The van der Waals surface area contributed by atoms with Crippen molar-refractivity contribution >= 4 is 5.97 Å². The van der Waals surface area contributed by atoms with E-state index in [4.69, 9.17) is 0 Å². The highest BCUT2D eigenvalue weighted by Crippen LogP contribution is 2.45. The lowest BCUT2D eigenvalue weighted by atomic mass is 9.67. The molecule has 0 amide bonds. The minimum absolute atomic E-state index is 0.0659. The number of carboxylic acids is 1. The van der Waals surface area contributed by atoms with Crippen LogP contribution in [0.15, 0.2) is 36.4 Å². The van der Waals surface area contributed by atoms with Crippen LogP contribution in [0.5, 0.6) is 11.5 Å². The summed E-state index contributed by atoms with van der Waals surface area (Å²) in [6.45, 7) is 14.2. The molecule has 4 heteroatoms. The summed E-state index contributed by atoms with van der Waals surface area (Å²) in [5.74, 6) is -0.444. The van der Waals surface area contributed by atoms with Gasteiger partial charge in [0.2, 0.25) is 0 Å². The Labute approximate surface area is 180 Å². The molecule has 2 rings (SSSR count). The second kappa shape index (κ2) is 8.33. The molecule has 0 radical (unpaired) electrons. The van der Waals surface area contributed by atoms with E-state index >= 15 is 0 Å². The van der Waals surface area contributed by atoms with Crippen molar-refractivity contribution in [2.75, 3.05) is 0 Å². The first-order valence-electron chi connectivity index (χ1n) is 10.6. The molecular formula is C26H36O4. The normalized spacial score (nSPS) is 12.8. The van der Waals surface area contributed by atoms with Crippen LogP contribution >= 0.6 is 0 Å². The fourth-order valence-corrected chi connectivity index (χ4v) is 4.30. The first-order valence-corrected chi connectivity index (χ1v) is 10.6. The van der Waals surface area contributed by atoms with Gasteiger partial charge in [-0.2, -0.15) is 0 Å². The van der Waals surface area contributed by atoms with E-state index < -0.39 is 11.4 Å². The number of hydrogen-bond acceptors (Lipinski definition) is 3. The van der Waals surface area contributed by atoms with Crippen molar-refractivity contribution in [2.24, 2.45) is 0 Å². The van der Waals surface area contributed by atoms with Crippen molar-refractivity contribution in [1.29, 1.82) is 0 Å². The van der Waals surface area contributed by atoms with Gasteiger partial charge in [0.15, 0.2) is 0 Å². The first kappa shape index (κ1) is 23.8. The average molecular weight is 413 g/mol. The summed E-state index contributed by atoms with van der Waals surface area (Å²) in [5, 5.41) is 30.8. The van der Waals surface area contributed by atoms with E-state index in [9.17, 15) is 20.1 Å². The third kappa shape index (κ3) is 4.80. The number of rotatable bonds is 6. The molecule has 0 fully saturated rings. The third-order valence-electron chi connectivity index (χ3n) is 5.84. The van der Waals surface area contributed by atoms with Gasteiger partial charge in [-0.1, -0.05) is 79.2 Å². The van der Waals surface area contributed by atoms with Crippen LogP contribution in [0.4, 0.5) is 0 Å². The zero-order chi connectivity index (χ0) is 22.9. The number of benzene rings is 2. The minimum Gasteiger partial charge on any atom is -0.508 e. The van der Waals surface area contributed by atoms with Crippen LogP contribution in [0.2, 0.25) is 0 Å². The highest BCUT2D eigenvalue weighted by molar-refractivity contribution is 5.71. The molecule has 164 valence electrons. The van der Waals surface area contributed by atoms with Crippen molar-refractivity contribution in [2.45, 2.75) is 84.0 Å². The molecule has 0 saturated heterocycles.